The molecule has 0 radical (unpaired) electrons. The Balaban J connectivity index is 0.000000280. The molecule has 0 saturated carbocycles. The van der Waals surface area contributed by atoms with Gasteiger partial charge in [-0.15, -0.1) is 11.3 Å². The second kappa shape index (κ2) is 5.79. The van der Waals surface area contributed by atoms with E-state index < -0.39 is 10.2 Å². The van der Waals surface area contributed by atoms with E-state index in [0.29, 0.717) is 0 Å². The lowest BCUT2D eigenvalue weighted by atomic mass is 10.2. The van der Waals surface area contributed by atoms with E-state index in [9.17, 15) is 0 Å². The lowest BCUT2D eigenvalue weighted by Crippen LogP contribution is -2.58. The van der Waals surface area contributed by atoms with E-state index in [0.717, 1.165) is 22.7 Å². The minimum Gasteiger partial charge on any atom is -0.496 e. The summed E-state index contributed by atoms with van der Waals surface area (Å²) in [7, 11) is -3.00. The average Bonchev–Trinajstić information content (AvgIpc) is 2.52. The monoisotopic (exact) mass is 293 g/mol. The van der Waals surface area contributed by atoms with Crippen LogP contribution in [0.4, 0.5) is 0 Å². The Labute approximate surface area is 110 Å². The van der Waals surface area contributed by atoms with Crippen molar-refractivity contribution in [2.75, 3.05) is 7.11 Å². The molecule has 1 N–H and O–H groups in total. The predicted octanol–water partition coefficient (Wildman–Crippen LogP) is -1.25. The SMILES string of the molecule is COc1ccsc2c(C)nc(C)c1-2.[O-][Cl+3]([O-])([O-])O. The number of fused-ring (bicyclic) bond motifs is 1. The molecule has 0 aromatic carbocycles. The minimum absolute atomic E-state index is 0.923. The number of hydrogen-bond donors (Lipinski definition) is 1. The van der Waals surface area contributed by atoms with E-state index >= 15 is 0 Å². The van der Waals surface area contributed by atoms with Gasteiger partial charge in [0.15, 0.2) is 0 Å². The lowest BCUT2D eigenvalue weighted by Gasteiger charge is -2.05. The Morgan fingerprint density at radius 3 is 2.33 bits per heavy atom. The van der Waals surface area contributed by atoms with Crippen LogP contribution in [-0.4, -0.2) is 16.8 Å². The lowest BCUT2D eigenvalue weighted by molar-refractivity contribution is -1.92. The quantitative estimate of drug-likeness (QED) is 0.703. The molecule has 0 aromatic rings. The Bertz CT molecular complexity index is 490. The highest BCUT2D eigenvalue weighted by atomic mass is 35.7. The summed E-state index contributed by atoms with van der Waals surface area (Å²) < 4.78 is 38.0. The molecule has 100 valence electrons. The molecule has 0 amide bonds. The van der Waals surface area contributed by atoms with Crippen LogP contribution in [0.2, 0.25) is 0 Å². The maximum Gasteiger partial charge on any atom is 0.130 e. The molecule has 0 fully saturated rings. The van der Waals surface area contributed by atoms with Crippen LogP contribution in [-0.2, 0) is 0 Å². The number of hydrogen-bond acceptors (Lipinski definition) is 7. The molecule has 8 heteroatoms. The van der Waals surface area contributed by atoms with Gasteiger partial charge in [0, 0.05) is 0 Å². The smallest absolute Gasteiger partial charge is 0.130 e. The maximum atomic E-state index is 8.60. The van der Waals surface area contributed by atoms with Crippen LogP contribution in [0.15, 0.2) is 11.4 Å². The molecular formula is C10H12ClNO5S. The van der Waals surface area contributed by atoms with Crippen LogP contribution in [0.1, 0.15) is 11.4 Å². The van der Waals surface area contributed by atoms with Crippen molar-refractivity contribution >= 4 is 11.3 Å². The van der Waals surface area contributed by atoms with Crippen LogP contribution in [0, 0.1) is 24.1 Å². The van der Waals surface area contributed by atoms with Gasteiger partial charge >= 0.3 is 0 Å². The molecule has 0 spiro atoms. The van der Waals surface area contributed by atoms with Gasteiger partial charge in [0.05, 0.1) is 43.8 Å². The molecule has 2 heterocycles. The molecule has 0 aromatic heterocycles. The highest BCUT2D eigenvalue weighted by Crippen LogP contribution is 2.39. The van der Waals surface area contributed by atoms with E-state index in [2.05, 4.69) is 4.98 Å². The van der Waals surface area contributed by atoms with Gasteiger partial charge in [-0.25, -0.2) is 0 Å². The average molecular weight is 294 g/mol. The van der Waals surface area contributed by atoms with Crippen LogP contribution in [0.3, 0.4) is 0 Å². The zero-order valence-electron chi connectivity index (χ0n) is 9.97. The van der Waals surface area contributed by atoms with E-state index in [4.69, 9.17) is 23.4 Å². The van der Waals surface area contributed by atoms with Crippen molar-refractivity contribution < 1.29 is 33.6 Å². The summed E-state index contributed by atoms with van der Waals surface area (Å²) in [5, 5.41) is 2.04. The standard InChI is InChI=1S/C10H11NOS.ClHO4/c1-6-9-8(12-3)4-5-13-10(9)7(2)11-6;2-1(3,4)5/h4-5H,1-3H3;(H,2,3,4,5). The third kappa shape index (κ3) is 4.05. The number of ether oxygens (including phenoxy) is 1. The van der Waals surface area contributed by atoms with Crippen LogP contribution in [0.25, 0.3) is 10.4 Å². The molecule has 6 nitrogen and oxygen atoms in total. The van der Waals surface area contributed by atoms with Crippen molar-refractivity contribution in [3.8, 4) is 16.2 Å². The maximum absolute atomic E-state index is 8.60. The first-order valence-electron chi connectivity index (χ1n) is 4.75. The van der Waals surface area contributed by atoms with Gasteiger partial charge in [0.1, 0.15) is 5.75 Å². The molecule has 0 atom stereocenters. The summed E-state index contributed by atoms with van der Waals surface area (Å²) >= 11 is 1.71. The Kier molecular flexibility index (Phi) is 4.85. The third-order valence-corrected chi connectivity index (χ3v) is 3.13. The summed E-state index contributed by atoms with van der Waals surface area (Å²) in [5.41, 5.74) is 3.31. The molecular weight excluding hydrogens is 282 g/mol. The fourth-order valence-corrected chi connectivity index (χ4v) is 2.47. The summed E-state index contributed by atoms with van der Waals surface area (Å²) in [5.74, 6) is 0.923. The fourth-order valence-electron chi connectivity index (χ4n) is 1.56. The highest BCUT2D eigenvalue weighted by molar-refractivity contribution is 7.13. The predicted molar refractivity (Wildman–Crippen MR) is 57.0 cm³/mol. The fraction of sp³-hybridized carbons (Fsp3) is 0.300. The topological polar surface area (TPSA) is 112 Å². The van der Waals surface area contributed by atoms with E-state index in [1.54, 1.807) is 18.4 Å². The number of rotatable bonds is 1. The van der Waals surface area contributed by atoms with Crippen molar-refractivity contribution in [2.24, 2.45) is 0 Å². The van der Waals surface area contributed by atoms with Crippen molar-refractivity contribution in [1.82, 2.24) is 4.98 Å². The second-order valence-electron chi connectivity index (χ2n) is 3.37. The number of halogens is 1. The third-order valence-electron chi connectivity index (χ3n) is 2.12. The van der Waals surface area contributed by atoms with Gasteiger partial charge in [0.25, 0.3) is 0 Å². The van der Waals surface area contributed by atoms with E-state index in [1.165, 1.54) is 4.88 Å². The van der Waals surface area contributed by atoms with Gasteiger partial charge in [-0.1, -0.05) is 0 Å². The minimum atomic E-state index is -4.69. The Morgan fingerprint density at radius 2 is 1.83 bits per heavy atom. The van der Waals surface area contributed by atoms with Crippen molar-refractivity contribution in [3.63, 3.8) is 0 Å². The first-order chi connectivity index (χ1) is 8.24. The summed E-state index contributed by atoms with van der Waals surface area (Å²) in [6.45, 7) is 4.05. The number of methoxy groups -OCH3 is 1. The first kappa shape index (κ1) is 15.1. The molecule has 0 saturated heterocycles. The number of aryl methyl sites for hydroxylation is 2. The zero-order valence-corrected chi connectivity index (χ0v) is 11.5. The van der Waals surface area contributed by atoms with Crippen molar-refractivity contribution in [3.05, 3.63) is 22.8 Å². The van der Waals surface area contributed by atoms with Crippen LogP contribution >= 0.6 is 11.3 Å². The summed E-state index contributed by atoms with van der Waals surface area (Å²) in [6.07, 6.45) is 0. The number of nitrogens with zero attached hydrogens (tertiary/aromatic N) is 1. The van der Waals surface area contributed by atoms with E-state index in [-0.39, 0.29) is 0 Å². The largest absolute Gasteiger partial charge is 0.496 e. The molecule has 2 aliphatic heterocycles. The van der Waals surface area contributed by atoms with Crippen molar-refractivity contribution in [2.45, 2.75) is 13.8 Å². The Morgan fingerprint density at radius 1 is 1.28 bits per heavy atom. The highest BCUT2D eigenvalue weighted by Gasteiger charge is 2.17. The summed E-state index contributed by atoms with van der Waals surface area (Å²) in [4.78, 5) is 5.66. The summed E-state index contributed by atoms with van der Waals surface area (Å²) in [6, 6.07) is 1.99. The molecule has 18 heavy (non-hydrogen) atoms. The van der Waals surface area contributed by atoms with Gasteiger partial charge in [-0.05, 0) is 25.3 Å². The van der Waals surface area contributed by atoms with Gasteiger partial charge in [-0.3, -0.25) is 4.98 Å². The van der Waals surface area contributed by atoms with Crippen molar-refractivity contribution in [1.29, 1.82) is 0 Å². The number of aromatic nitrogens is 1. The van der Waals surface area contributed by atoms with Crippen LogP contribution in [0.5, 0.6) is 5.75 Å². The molecule has 2 aliphatic rings. The zero-order chi connectivity index (χ0) is 13.9. The van der Waals surface area contributed by atoms with Gasteiger partial charge in [0.2, 0.25) is 0 Å². The van der Waals surface area contributed by atoms with Crippen LogP contribution < -0.4 is 18.7 Å². The normalized spacial score (nSPS) is 11.1. The first-order valence-corrected chi connectivity index (χ1v) is 6.90. The molecule has 0 unspecified atom stereocenters. The van der Waals surface area contributed by atoms with E-state index in [1.807, 2.05) is 25.3 Å². The molecule has 0 aliphatic carbocycles. The molecule has 2 rings (SSSR count). The van der Waals surface area contributed by atoms with Gasteiger partial charge < -0.3 is 4.74 Å². The molecule has 0 bridgehead atoms. The Hall–Kier alpha value is -0.960. The van der Waals surface area contributed by atoms with Gasteiger partial charge in [-0.2, -0.15) is 14.0 Å². The second-order valence-corrected chi connectivity index (χ2v) is 5.08.